The first kappa shape index (κ1) is 16.8. The van der Waals surface area contributed by atoms with Gasteiger partial charge in [-0.2, -0.15) is 13.2 Å². The van der Waals surface area contributed by atoms with E-state index in [0.717, 1.165) is 30.4 Å². The quantitative estimate of drug-likeness (QED) is 0.862. The van der Waals surface area contributed by atoms with Gasteiger partial charge in [0.15, 0.2) is 0 Å². The van der Waals surface area contributed by atoms with Crippen LogP contribution >= 0.6 is 0 Å². The summed E-state index contributed by atoms with van der Waals surface area (Å²) in [5, 5.41) is 0. The summed E-state index contributed by atoms with van der Waals surface area (Å²) in [5.74, 6) is -0.335. The lowest BCUT2D eigenvalue weighted by atomic mass is 9.97. The summed E-state index contributed by atoms with van der Waals surface area (Å²) in [6, 6.07) is 5.41. The molecule has 1 aromatic carbocycles. The molecule has 1 fully saturated rings. The number of ether oxygens (including phenoxy) is 1. The van der Waals surface area contributed by atoms with E-state index in [4.69, 9.17) is 4.74 Å². The molecule has 0 amide bonds. The van der Waals surface area contributed by atoms with Crippen molar-refractivity contribution in [2.24, 2.45) is 5.92 Å². The van der Waals surface area contributed by atoms with Crippen molar-refractivity contribution in [1.29, 1.82) is 0 Å². The molecule has 122 valence electrons. The SMILES string of the molecule is CCOC(=O)[C@H]1CCC[NH+](Cc2cccc(C(F)(F)F)c2)C1. The lowest BCUT2D eigenvalue weighted by Crippen LogP contribution is -3.12. The Morgan fingerprint density at radius 1 is 1.41 bits per heavy atom. The van der Waals surface area contributed by atoms with E-state index in [1.165, 1.54) is 12.1 Å². The van der Waals surface area contributed by atoms with Gasteiger partial charge in [0.25, 0.3) is 0 Å². The highest BCUT2D eigenvalue weighted by Gasteiger charge is 2.32. The summed E-state index contributed by atoms with van der Waals surface area (Å²) < 4.78 is 43.2. The molecule has 1 heterocycles. The van der Waals surface area contributed by atoms with E-state index >= 15 is 0 Å². The van der Waals surface area contributed by atoms with E-state index < -0.39 is 11.7 Å². The molecular formula is C16H21F3NO2+. The third kappa shape index (κ3) is 4.47. The van der Waals surface area contributed by atoms with Crippen LogP contribution in [-0.2, 0) is 22.3 Å². The van der Waals surface area contributed by atoms with E-state index in [9.17, 15) is 18.0 Å². The minimum Gasteiger partial charge on any atom is -0.466 e. The minimum absolute atomic E-state index is 0.144. The van der Waals surface area contributed by atoms with Crippen LogP contribution in [-0.4, -0.2) is 25.7 Å². The zero-order valence-corrected chi connectivity index (χ0v) is 12.6. The van der Waals surface area contributed by atoms with Crippen LogP contribution in [0.5, 0.6) is 0 Å². The maximum absolute atomic E-state index is 12.7. The van der Waals surface area contributed by atoms with Crippen LogP contribution in [0, 0.1) is 5.92 Å². The Kier molecular flexibility index (Phi) is 5.45. The maximum atomic E-state index is 12.7. The minimum atomic E-state index is -4.32. The molecule has 2 atom stereocenters. The number of nitrogens with one attached hydrogen (secondary N) is 1. The van der Waals surface area contributed by atoms with Gasteiger partial charge < -0.3 is 9.64 Å². The van der Waals surface area contributed by atoms with Gasteiger partial charge in [-0.15, -0.1) is 0 Å². The van der Waals surface area contributed by atoms with Crippen LogP contribution in [0.3, 0.4) is 0 Å². The number of rotatable bonds is 4. The Balaban J connectivity index is 2.00. The normalized spacial score (nSPS) is 22.4. The number of hydrogen-bond donors (Lipinski definition) is 1. The monoisotopic (exact) mass is 316 g/mol. The Hall–Kier alpha value is -1.56. The predicted molar refractivity (Wildman–Crippen MR) is 75.2 cm³/mol. The first-order chi connectivity index (χ1) is 10.4. The van der Waals surface area contributed by atoms with Gasteiger partial charge in [0, 0.05) is 5.56 Å². The molecule has 1 aliphatic heterocycles. The molecule has 3 nitrogen and oxygen atoms in total. The lowest BCUT2D eigenvalue weighted by molar-refractivity contribution is -0.921. The van der Waals surface area contributed by atoms with Crippen molar-refractivity contribution in [2.45, 2.75) is 32.5 Å². The summed E-state index contributed by atoms with van der Waals surface area (Å²) in [6.07, 6.45) is -2.64. The van der Waals surface area contributed by atoms with Crippen molar-refractivity contribution in [3.8, 4) is 0 Å². The molecule has 2 rings (SSSR count). The lowest BCUT2D eigenvalue weighted by Gasteiger charge is -2.28. The van der Waals surface area contributed by atoms with E-state index in [0.29, 0.717) is 25.3 Å². The Morgan fingerprint density at radius 3 is 2.86 bits per heavy atom. The second-order valence-corrected chi connectivity index (χ2v) is 5.67. The fourth-order valence-electron chi connectivity index (χ4n) is 2.92. The van der Waals surface area contributed by atoms with Crippen LogP contribution in [0.4, 0.5) is 13.2 Å². The van der Waals surface area contributed by atoms with Crippen LogP contribution in [0.2, 0.25) is 0 Å². The number of carbonyl (C=O) groups excluding carboxylic acids is 1. The summed E-state index contributed by atoms with van der Waals surface area (Å²) in [5.41, 5.74) is 0.0256. The molecule has 0 aromatic heterocycles. The van der Waals surface area contributed by atoms with Crippen molar-refractivity contribution < 1.29 is 27.6 Å². The van der Waals surface area contributed by atoms with Crippen LogP contribution < -0.4 is 4.90 Å². The van der Waals surface area contributed by atoms with Crippen molar-refractivity contribution in [1.82, 2.24) is 0 Å². The van der Waals surface area contributed by atoms with Gasteiger partial charge in [-0.1, -0.05) is 12.1 Å². The number of piperidine rings is 1. The average molecular weight is 316 g/mol. The molecule has 0 spiro atoms. The largest absolute Gasteiger partial charge is 0.466 e. The number of likely N-dealkylation sites (tertiary alicyclic amines) is 1. The van der Waals surface area contributed by atoms with Gasteiger partial charge in [0.05, 0.1) is 25.3 Å². The van der Waals surface area contributed by atoms with Crippen molar-refractivity contribution >= 4 is 5.97 Å². The molecule has 0 saturated carbocycles. The van der Waals surface area contributed by atoms with Gasteiger partial charge in [-0.3, -0.25) is 4.79 Å². The highest BCUT2D eigenvalue weighted by molar-refractivity contribution is 5.72. The molecule has 1 unspecified atom stereocenters. The summed E-state index contributed by atoms with van der Waals surface area (Å²) in [7, 11) is 0. The molecule has 1 aromatic rings. The van der Waals surface area contributed by atoms with E-state index in [2.05, 4.69) is 0 Å². The van der Waals surface area contributed by atoms with Gasteiger partial charge in [0.1, 0.15) is 12.5 Å². The number of alkyl halides is 3. The molecule has 6 heteroatoms. The Bertz CT molecular complexity index is 516. The molecule has 1 aliphatic rings. The van der Waals surface area contributed by atoms with E-state index in [1.807, 2.05) is 0 Å². The summed E-state index contributed by atoms with van der Waals surface area (Å²) in [6.45, 7) is 4.12. The Morgan fingerprint density at radius 2 is 2.18 bits per heavy atom. The second-order valence-electron chi connectivity index (χ2n) is 5.67. The first-order valence-corrected chi connectivity index (χ1v) is 7.56. The van der Waals surface area contributed by atoms with Crippen LogP contribution in [0.15, 0.2) is 24.3 Å². The topological polar surface area (TPSA) is 30.7 Å². The van der Waals surface area contributed by atoms with Crippen molar-refractivity contribution in [3.63, 3.8) is 0 Å². The maximum Gasteiger partial charge on any atom is 0.416 e. The van der Waals surface area contributed by atoms with Crippen molar-refractivity contribution in [3.05, 3.63) is 35.4 Å². The smallest absolute Gasteiger partial charge is 0.416 e. The second kappa shape index (κ2) is 7.13. The highest BCUT2D eigenvalue weighted by atomic mass is 19.4. The third-order valence-electron chi connectivity index (χ3n) is 3.95. The van der Waals surface area contributed by atoms with Crippen LogP contribution in [0.1, 0.15) is 30.9 Å². The fraction of sp³-hybridized carbons (Fsp3) is 0.562. The molecule has 0 aliphatic carbocycles. The van der Waals surface area contributed by atoms with E-state index in [-0.39, 0.29) is 11.9 Å². The summed E-state index contributed by atoms with van der Waals surface area (Å²) >= 11 is 0. The van der Waals surface area contributed by atoms with Crippen molar-refractivity contribution in [2.75, 3.05) is 19.7 Å². The molecule has 1 N–H and O–H groups in total. The molecule has 0 radical (unpaired) electrons. The fourth-order valence-corrected chi connectivity index (χ4v) is 2.92. The van der Waals surface area contributed by atoms with Gasteiger partial charge in [0.2, 0.25) is 0 Å². The zero-order valence-electron chi connectivity index (χ0n) is 12.6. The first-order valence-electron chi connectivity index (χ1n) is 7.56. The number of benzene rings is 1. The molecule has 22 heavy (non-hydrogen) atoms. The average Bonchev–Trinajstić information content (AvgIpc) is 2.47. The predicted octanol–water partition coefficient (Wildman–Crippen LogP) is 2.06. The van der Waals surface area contributed by atoms with E-state index in [1.54, 1.807) is 13.0 Å². The molecule has 1 saturated heterocycles. The number of halogens is 3. The Labute approximate surface area is 128 Å². The number of hydrogen-bond acceptors (Lipinski definition) is 2. The highest BCUT2D eigenvalue weighted by Crippen LogP contribution is 2.29. The molecular weight excluding hydrogens is 295 g/mol. The number of quaternary nitrogens is 1. The van der Waals surface area contributed by atoms with Gasteiger partial charge >= 0.3 is 12.1 Å². The van der Waals surface area contributed by atoms with Gasteiger partial charge in [-0.25, -0.2) is 0 Å². The molecule has 0 bridgehead atoms. The zero-order chi connectivity index (χ0) is 16.2. The standard InChI is InChI=1S/C16H20F3NO2/c1-2-22-15(21)13-6-4-8-20(11-13)10-12-5-3-7-14(9-12)16(17,18)19/h3,5,7,9,13H,2,4,6,8,10-11H2,1H3/p+1/t13-/m0/s1. The third-order valence-corrected chi connectivity index (χ3v) is 3.95. The summed E-state index contributed by atoms with van der Waals surface area (Å²) in [4.78, 5) is 12.9. The number of esters is 1. The van der Waals surface area contributed by atoms with Gasteiger partial charge in [-0.05, 0) is 31.9 Å². The number of carbonyl (C=O) groups is 1. The van der Waals surface area contributed by atoms with Crippen LogP contribution in [0.25, 0.3) is 0 Å².